The Kier molecular flexibility index (Phi) is 6.27. The van der Waals surface area contributed by atoms with E-state index in [9.17, 15) is 4.79 Å². The second-order valence-electron chi connectivity index (χ2n) is 5.05. The lowest BCUT2D eigenvalue weighted by Crippen LogP contribution is -2.34. The van der Waals surface area contributed by atoms with Gasteiger partial charge in [0.05, 0.1) is 5.92 Å². The zero-order chi connectivity index (χ0) is 12.7. The number of nitrogens with two attached hydrogens (primary N) is 1. The highest BCUT2D eigenvalue weighted by Crippen LogP contribution is 2.17. The molecule has 0 heterocycles. The zero-order valence-electron chi connectivity index (χ0n) is 11.1. The second kappa shape index (κ2) is 7.49. The first-order chi connectivity index (χ1) is 8.17. The molecule has 0 bridgehead atoms. The molecule has 1 aliphatic rings. The van der Waals surface area contributed by atoms with Gasteiger partial charge in [0.2, 0.25) is 5.91 Å². The van der Waals surface area contributed by atoms with E-state index in [1.165, 1.54) is 19.3 Å². The van der Waals surface area contributed by atoms with Crippen molar-refractivity contribution in [2.24, 2.45) is 17.6 Å². The largest absolute Gasteiger partial charge is 0.355 e. The highest BCUT2D eigenvalue weighted by atomic mass is 16.1. The van der Waals surface area contributed by atoms with Crippen LogP contribution in [0, 0.1) is 11.8 Å². The van der Waals surface area contributed by atoms with Crippen molar-refractivity contribution in [2.45, 2.75) is 52.0 Å². The van der Waals surface area contributed by atoms with Crippen molar-refractivity contribution in [2.75, 3.05) is 6.54 Å². The summed E-state index contributed by atoms with van der Waals surface area (Å²) in [5.74, 6) is 0.760. The number of carbonyl (C=O) groups is 1. The Morgan fingerprint density at radius 2 is 2.24 bits per heavy atom. The lowest BCUT2D eigenvalue weighted by atomic mass is 9.99. The van der Waals surface area contributed by atoms with Crippen molar-refractivity contribution in [1.82, 2.24) is 5.32 Å². The predicted molar refractivity (Wildman–Crippen MR) is 71.5 cm³/mol. The smallest absolute Gasteiger partial charge is 0.227 e. The maximum Gasteiger partial charge on any atom is 0.227 e. The van der Waals surface area contributed by atoms with Crippen LogP contribution in [0.5, 0.6) is 0 Å². The molecule has 17 heavy (non-hydrogen) atoms. The molecule has 1 rings (SSSR count). The normalized spacial score (nSPS) is 24.9. The topological polar surface area (TPSA) is 55.1 Å². The Bertz CT molecular complexity index is 263. The number of carbonyl (C=O) groups excluding carboxylic acids is 1. The molecule has 0 radical (unpaired) electrons. The van der Waals surface area contributed by atoms with E-state index in [2.05, 4.69) is 19.2 Å². The van der Waals surface area contributed by atoms with Crippen LogP contribution < -0.4 is 11.1 Å². The van der Waals surface area contributed by atoms with Crippen molar-refractivity contribution >= 4 is 5.91 Å². The Hall–Kier alpha value is -0.830. The fourth-order valence-corrected chi connectivity index (χ4v) is 2.24. The van der Waals surface area contributed by atoms with Crippen LogP contribution in [0.2, 0.25) is 0 Å². The number of nitrogens with one attached hydrogen (secondary N) is 1. The molecule has 0 saturated carbocycles. The van der Waals surface area contributed by atoms with Gasteiger partial charge in [-0.05, 0) is 18.8 Å². The summed E-state index contributed by atoms with van der Waals surface area (Å²) >= 11 is 0. The molecule has 3 unspecified atom stereocenters. The summed E-state index contributed by atoms with van der Waals surface area (Å²) in [7, 11) is 0. The minimum atomic E-state index is -0.00585. The molecule has 0 aromatic carbocycles. The van der Waals surface area contributed by atoms with Gasteiger partial charge in [-0.15, -0.1) is 0 Å². The molecule has 0 aromatic heterocycles. The second-order valence-corrected chi connectivity index (χ2v) is 5.05. The summed E-state index contributed by atoms with van der Waals surface area (Å²) in [5.41, 5.74) is 5.74. The molecule has 98 valence electrons. The Morgan fingerprint density at radius 3 is 2.76 bits per heavy atom. The maximum absolute atomic E-state index is 11.9. The van der Waals surface area contributed by atoms with E-state index in [1.807, 2.05) is 12.2 Å². The Labute approximate surface area is 105 Å². The van der Waals surface area contributed by atoms with E-state index >= 15 is 0 Å². The molecule has 0 aliphatic heterocycles. The Morgan fingerprint density at radius 1 is 1.47 bits per heavy atom. The lowest BCUT2D eigenvalue weighted by molar-refractivity contribution is -0.123. The molecule has 0 fully saturated rings. The van der Waals surface area contributed by atoms with Gasteiger partial charge in [0.1, 0.15) is 0 Å². The summed E-state index contributed by atoms with van der Waals surface area (Å²) in [6, 6.07) is 0.0628. The minimum absolute atomic E-state index is 0.00585. The van der Waals surface area contributed by atoms with Crippen molar-refractivity contribution in [3.63, 3.8) is 0 Å². The first-order valence-corrected chi connectivity index (χ1v) is 6.89. The van der Waals surface area contributed by atoms with Crippen LogP contribution >= 0.6 is 0 Å². The summed E-state index contributed by atoms with van der Waals surface area (Å²) in [5, 5.41) is 3.06. The number of unbranched alkanes of at least 4 members (excludes halogenated alkanes) is 1. The SMILES string of the molecule is CCCCC(CC)CNC(=O)C1C=CC(N)C1. The molecule has 3 nitrogen and oxygen atoms in total. The number of rotatable bonds is 7. The fraction of sp³-hybridized carbons (Fsp3) is 0.786. The molecular weight excluding hydrogens is 212 g/mol. The van der Waals surface area contributed by atoms with Gasteiger partial charge >= 0.3 is 0 Å². The molecular formula is C14H26N2O. The van der Waals surface area contributed by atoms with E-state index < -0.39 is 0 Å². The molecule has 3 N–H and O–H groups in total. The molecule has 0 spiro atoms. The quantitative estimate of drug-likeness (QED) is 0.668. The first kappa shape index (κ1) is 14.2. The van der Waals surface area contributed by atoms with Crippen LogP contribution in [-0.2, 0) is 4.79 Å². The van der Waals surface area contributed by atoms with Gasteiger partial charge in [0.15, 0.2) is 0 Å². The fourth-order valence-electron chi connectivity index (χ4n) is 2.24. The van der Waals surface area contributed by atoms with Crippen LogP contribution in [0.1, 0.15) is 46.0 Å². The third kappa shape index (κ3) is 4.90. The summed E-state index contributed by atoms with van der Waals surface area (Å²) in [6.45, 7) is 5.21. The van der Waals surface area contributed by atoms with Gasteiger partial charge in [-0.1, -0.05) is 45.3 Å². The third-order valence-electron chi connectivity index (χ3n) is 3.56. The van der Waals surface area contributed by atoms with E-state index in [1.54, 1.807) is 0 Å². The average molecular weight is 238 g/mol. The van der Waals surface area contributed by atoms with Gasteiger partial charge in [-0.2, -0.15) is 0 Å². The van der Waals surface area contributed by atoms with Crippen molar-refractivity contribution in [3.8, 4) is 0 Å². The van der Waals surface area contributed by atoms with Gasteiger partial charge in [0.25, 0.3) is 0 Å². The van der Waals surface area contributed by atoms with Crippen LogP contribution in [0.3, 0.4) is 0 Å². The van der Waals surface area contributed by atoms with Gasteiger partial charge < -0.3 is 11.1 Å². The predicted octanol–water partition coefficient (Wildman–Crippen LogP) is 2.22. The molecule has 1 aliphatic carbocycles. The van der Waals surface area contributed by atoms with Crippen LogP contribution in [0.15, 0.2) is 12.2 Å². The molecule has 3 heteroatoms. The average Bonchev–Trinajstić information content (AvgIpc) is 2.76. The molecule has 3 atom stereocenters. The monoisotopic (exact) mass is 238 g/mol. The van der Waals surface area contributed by atoms with Gasteiger partial charge in [-0.3, -0.25) is 4.79 Å². The first-order valence-electron chi connectivity index (χ1n) is 6.89. The van der Waals surface area contributed by atoms with Gasteiger partial charge in [-0.25, -0.2) is 0 Å². The van der Waals surface area contributed by atoms with Crippen molar-refractivity contribution < 1.29 is 4.79 Å². The highest BCUT2D eigenvalue weighted by Gasteiger charge is 2.22. The number of hydrogen-bond donors (Lipinski definition) is 2. The van der Waals surface area contributed by atoms with Crippen LogP contribution in [0.25, 0.3) is 0 Å². The third-order valence-corrected chi connectivity index (χ3v) is 3.56. The molecule has 1 amide bonds. The summed E-state index contributed by atoms with van der Waals surface area (Å²) < 4.78 is 0. The lowest BCUT2D eigenvalue weighted by Gasteiger charge is -2.17. The summed E-state index contributed by atoms with van der Waals surface area (Å²) in [4.78, 5) is 11.9. The standard InChI is InChI=1S/C14H26N2O/c1-3-5-6-11(4-2)10-16-14(17)12-7-8-13(15)9-12/h7-8,11-13H,3-6,9-10,15H2,1-2H3,(H,16,17). The van der Waals surface area contributed by atoms with E-state index in [-0.39, 0.29) is 17.9 Å². The number of hydrogen-bond acceptors (Lipinski definition) is 2. The van der Waals surface area contributed by atoms with Gasteiger partial charge in [0, 0.05) is 12.6 Å². The Balaban J connectivity index is 2.24. The van der Waals surface area contributed by atoms with E-state index in [0.29, 0.717) is 5.92 Å². The maximum atomic E-state index is 11.9. The summed E-state index contributed by atoms with van der Waals surface area (Å²) in [6.07, 6.45) is 9.46. The minimum Gasteiger partial charge on any atom is -0.355 e. The van der Waals surface area contributed by atoms with Crippen molar-refractivity contribution in [1.29, 1.82) is 0 Å². The van der Waals surface area contributed by atoms with Crippen LogP contribution in [0.4, 0.5) is 0 Å². The van der Waals surface area contributed by atoms with E-state index in [0.717, 1.165) is 19.4 Å². The molecule has 0 aromatic rings. The van der Waals surface area contributed by atoms with E-state index in [4.69, 9.17) is 5.73 Å². The highest BCUT2D eigenvalue weighted by molar-refractivity contribution is 5.81. The zero-order valence-corrected chi connectivity index (χ0v) is 11.1. The van der Waals surface area contributed by atoms with Crippen molar-refractivity contribution in [3.05, 3.63) is 12.2 Å². The number of amides is 1. The molecule has 0 saturated heterocycles. The van der Waals surface area contributed by atoms with Crippen LogP contribution in [-0.4, -0.2) is 18.5 Å².